The maximum Gasteiger partial charge on any atom is 0.305 e. The van der Waals surface area contributed by atoms with Crippen LogP contribution in [0.4, 0.5) is 8.78 Å². The van der Waals surface area contributed by atoms with E-state index in [1.807, 2.05) is 0 Å². The molecule has 0 aliphatic carbocycles. The smallest absolute Gasteiger partial charge is 0.305 e. The van der Waals surface area contributed by atoms with Crippen LogP contribution in [0.1, 0.15) is 24.5 Å². The third-order valence-electron chi connectivity index (χ3n) is 2.17. The average Bonchev–Trinajstić information content (AvgIpc) is 2.28. The van der Waals surface area contributed by atoms with E-state index < -0.39 is 23.7 Å². The maximum absolute atomic E-state index is 13.2. The molecule has 0 radical (unpaired) electrons. The number of methoxy groups -OCH3 is 1. The number of benzene rings is 1. The fourth-order valence-electron chi connectivity index (χ4n) is 1.28. The van der Waals surface area contributed by atoms with Crippen molar-refractivity contribution in [3.8, 4) is 0 Å². The molecule has 0 aromatic heterocycles. The van der Waals surface area contributed by atoms with Gasteiger partial charge in [0.15, 0.2) is 0 Å². The monoisotopic (exact) mass is 230 g/mol. The quantitative estimate of drug-likeness (QED) is 0.804. The van der Waals surface area contributed by atoms with E-state index in [1.165, 1.54) is 7.11 Å². The Hall–Kier alpha value is -1.49. The van der Waals surface area contributed by atoms with Crippen molar-refractivity contribution in [3.63, 3.8) is 0 Å². The van der Waals surface area contributed by atoms with E-state index in [-0.39, 0.29) is 18.4 Å². The highest BCUT2D eigenvalue weighted by Crippen LogP contribution is 2.22. The van der Waals surface area contributed by atoms with Gasteiger partial charge in [-0.1, -0.05) is 0 Å². The topological polar surface area (TPSA) is 46.5 Å². The van der Waals surface area contributed by atoms with Gasteiger partial charge in [-0.3, -0.25) is 4.79 Å². The highest BCUT2D eigenvalue weighted by Gasteiger charge is 2.15. The van der Waals surface area contributed by atoms with Gasteiger partial charge in [0.05, 0.1) is 13.2 Å². The molecule has 0 aliphatic heterocycles. The van der Waals surface area contributed by atoms with Gasteiger partial charge >= 0.3 is 5.97 Å². The molecule has 1 rings (SSSR count). The van der Waals surface area contributed by atoms with Crippen molar-refractivity contribution in [3.05, 3.63) is 35.4 Å². The average molecular weight is 230 g/mol. The van der Waals surface area contributed by atoms with Crippen molar-refractivity contribution >= 4 is 5.97 Å². The summed E-state index contributed by atoms with van der Waals surface area (Å²) in [6.45, 7) is 0. The lowest BCUT2D eigenvalue weighted by atomic mass is 10.0. The minimum absolute atomic E-state index is 0.00690. The minimum Gasteiger partial charge on any atom is -0.469 e. The van der Waals surface area contributed by atoms with E-state index in [2.05, 4.69) is 4.74 Å². The fourth-order valence-corrected chi connectivity index (χ4v) is 1.28. The van der Waals surface area contributed by atoms with E-state index in [0.29, 0.717) is 0 Å². The normalized spacial score (nSPS) is 12.2. The summed E-state index contributed by atoms with van der Waals surface area (Å²) in [7, 11) is 1.22. The Morgan fingerprint density at radius 2 is 2.19 bits per heavy atom. The third kappa shape index (κ3) is 3.27. The molecule has 1 aromatic carbocycles. The molecule has 0 amide bonds. The molecule has 16 heavy (non-hydrogen) atoms. The summed E-state index contributed by atoms with van der Waals surface area (Å²) in [5.41, 5.74) is -0.149. The molecule has 3 nitrogen and oxygen atoms in total. The van der Waals surface area contributed by atoms with Crippen molar-refractivity contribution in [2.75, 3.05) is 7.11 Å². The number of aliphatic hydroxyl groups is 1. The number of halogens is 2. The lowest BCUT2D eigenvalue weighted by molar-refractivity contribution is -0.141. The standard InChI is InChI=1S/C11H12F2O3/c1-16-11(15)5-4-10(14)8-6-7(12)2-3-9(8)13/h2-3,6,10,14H,4-5H2,1H3. The molecule has 0 saturated carbocycles. The van der Waals surface area contributed by atoms with Gasteiger partial charge in [-0.2, -0.15) is 0 Å². The zero-order valence-corrected chi connectivity index (χ0v) is 8.74. The second-order valence-electron chi connectivity index (χ2n) is 3.30. The van der Waals surface area contributed by atoms with Crippen molar-refractivity contribution in [2.45, 2.75) is 18.9 Å². The molecule has 1 aromatic rings. The Balaban J connectivity index is 2.68. The van der Waals surface area contributed by atoms with E-state index in [1.54, 1.807) is 0 Å². The molecule has 0 saturated heterocycles. The summed E-state index contributed by atoms with van der Waals surface area (Å²) in [4.78, 5) is 10.8. The number of hydrogen-bond donors (Lipinski definition) is 1. The second-order valence-corrected chi connectivity index (χ2v) is 3.30. The molecular formula is C11H12F2O3. The summed E-state index contributed by atoms with van der Waals surface area (Å²) in [5, 5.41) is 9.56. The zero-order chi connectivity index (χ0) is 12.1. The number of hydrogen-bond acceptors (Lipinski definition) is 3. The van der Waals surface area contributed by atoms with E-state index >= 15 is 0 Å². The molecule has 1 unspecified atom stereocenters. The van der Waals surface area contributed by atoms with E-state index in [9.17, 15) is 18.7 Å². The lowest BCUT2D eigenvalue weighted by Crippen LogP contribution is -2.06. The van der Waals surface area contributed by atoms with Gasteiger partial charge in [-0.15, -0.1) is 0 Å². The highest BCUT2D eigenvalue weighted by atomic mass is 19.1. The van der Waals surface area contributed by atoms with Crippen LogP contribution in [-0.4, -0.2) is 18.2 Å². The molecule has 1 atom stereocenters. The van der Waals surface area contributed by atoms with Crippen LogP contribution in [0.5, 0.6) is 0 Å². The van der Waals surface area contributed by atoms with Crippen LogP contribution in [0.15, 0.2) is 18.2 Å². The van der Waals surface area contributed by atoms with Gasteiger partial charge in [0.1, 0.15) is 11.6 Å². The number of ether oxygens (including phenoxy) is 1. The van der Waals surface area contributed by atoms with Crippen molar-refractivity contribution < 1.29 is 23.4 Å². The van der Waals surface area contributed by atoms with Crippen LogP contribution in [0.25, 0.3) is 0 Å². The molecule has 0 heterocycles. The molecule has 88 valence electrons. The first-order valence-corrected chi connectivity index (χ1v) is 4.74. The Morgan fingerprint density at radius 3 is 2.81 bits per heavy atom. The summed E-state index contributed by atoms with van der Waals surface area (Å²) in [6, 6.07) is 2.81. The largest absolute Gasteiger partial charge is 0.469 e. The number of aliphatic hydroxyl groups excluding tert-OH is 1. The van der Waals surface area contributed by atoms with Gasteiger partial charge < -0.3 is 9.84 Å². The molecule has 0 spiro atoms. The lowest BCUT2D eigenvalue weighted by Gasteiger charge is -2.11. The zero-order valence-electron chi connectivity index (χ0n) is 8.74. The predicted molar refractivity (Wildman–Crippen MR) is 52.6 cm³/mol. The fraction of sp³-hybridized carbons (Fsp3) is 0.364. The minimum atomic E-state index is -1.21. The Kier molecular flexibility index (Phi) is 4.37. The van der Waals surface area contributed by atoms with Crippen LogP contribution in [-0.2, 0) is 9.53 Å². The van der Waals surface area contributed by atoms with Crippen molar-refractivity contribution in [2.24, 2.45) is 0 Å². The second kappa shape index (κ2) is 5.55. The highest BCUT2D eigenvalue weighted by molar-refractivity contribution is 5.69. The first-order valence-electron chi connectivity index (χ1n) is 4.74. The molecule has 0 fully saturated rings. The molecule has 5 heteroatoms. The van der Waals surface area contributed by atoms with Crippen LogP contribution in [0.2, 0.25) is 0 Å². The van der Waals surface area contributed by atoms with E-state index in [4.69, 9.17) is 0 Å². The van der Waals surface area contributed by atoms with Crippen LogP contribution >= 0.6 is 0 Å². The Labute approximate surface area is 91.7 Å². The maximum atomic E-state index is 13.2. The van der Waals surface area contributed by atoms with Gasteiger partial charge in [-0.05, 0) is 24.6 Å². The SMILES string of the molecule is COC(=O)CCC(O)c1cc(F)ccc1F. The van der Waals surface area contributed by atoms with Crippen LogP contribution in [0, 0.1) is 11.6 Å². The molecule has 0 aliphatic rings. The molecule has 1 N–H and O–H groups in total. The van der Waals surface area contributed by atoms with E-state index in [0.717, 1.165) is 18.2 Å². The van der Waals surface area contributed by atoms with Crippen LogP contribution < -0.4 is 0 Å². The van der Waals surface area contributed by atoms with Gasteiger partial charge in [0.25, 0.3) is 0 Å². The van der Waals surface area contributed by atoms with Crippen molar-refractivity contribution in [1.29, 1.82) is 0 Å². The summed E-state index contributed by atoms with van der Waals surface area (Å²) in [6.07, 6.45) is -1.27. The predicted octanol–water partition coefficient (Wildman–Crippen LogP) is 1.95. The first kappa shape index (κ1) is 12.6. The Bertz CT molecular complexity index is 379. The summed E-state index contributed by atoms with van der Waals surface area (Å²) >= 11 is 0. The third-order valence-corrected chi connectivity index (χ3v) is 2.17. The molecule has 0 bridgehead atoms. The summed E-state index contributed by atoms with van der Waals surface area (Å²) in [5.74, 6) is -1.83. The number of carbonyl (C=O) groups excluding carboxylic acids is 1. The number of rotatable bonds is 4. The number of esters is 1. The Morgan fingerprint density at radius 1 is 1.50 bits per heavy atom. The van der Waals surface area contributed by atoms with Crippen molar-refractivity contribution in [1.82, 2.24) is 0 Å². The summed E-state index contributed by atoms with van der Waals surface area (Å²) < 4.78 is 30.4. The van der Waals surface area contributed by atoms with Gasteiger partial charge in [0.2, 0.25) is 0 Å². The first-order chi connectivity index (χ1) is 7.54. The number of carbonyl (C=O) groups is 1. The van der Waals surface area contributed by atoms with Gasteiger partial charge in [-0.25, -0.2) is 8.78 Å². The molecular weight excluding hydrogens is 218 g/mol. The van der Waals surface area contributed by atoms with Gasteiger partial charge in [0, 0.05) is 12.0 Å². The van der Waals surface area contributed by atoms with Crippen LogP contribution in [0.3, 0.4) is 0 Å².